The van der Waals surface area contributed by atoms with Crippen LogP contribution in [0.4, 0.5) is 4.39 Å². The number of esters is 1. The van der Waals surface area contributed by atoms with Crippen molar-refractivity contribution in [3.63, 3.8) is 0 Å². The second kappa shape index (κ2) is 16.5. The Balaban J connectivity index is 1.40. The zero-order valence-electron chi connectivity index (χ0n) is 23.1. The summed E-state index contributed by atoms with van der Waals surface area (Å²) in [5.74, 6) is 1.94. The molecule has 1 saturated carbocycles. The third-order valence-electron chi connectivity index (χ3n) is 7.86. The van der Waals surface area contributed by atoms with Crippen molar-refractivity contribution in [2.75, 3.05) is 6.61 Å². The Morgan fingerprint density at radius 3 is 2.14 bits per heavy atom. The van der Waals surface area contributed by atoms with E-state index in [0.717, 1.165) is 43.3 Å². The van der Waals surface area contributed by atoms with Gasteiger partial charge in [0.25, 0.3) is 0 Å². The molecule has 0 N–H and O–H groups in total. The lowest BCUT2D eigenvalue weighted by Crippen LogP contribution is -2.20. The van der Waals surface area contributed by atoms with E-state index in [1.54, 1.807) is 24.3 Å². The molecule has 1 aliphatic carbocycles. The normalized spacial score (nSPS) is 17.5. The summed E-state index contributed by atoms with van der Waals surface area (Å²) in [5.41, 5.74) is 1.10. The maximum atomic E-state index is 14.4. The zero-order chi connectivity index (χ0) is 26.3. The van der Waals surface area contributed by atoms with Gasteiger partial charge in [-0.05, 0) is 73.4 Å². The highest BCUT2D eigenvalue weighted by Gasteiger charge is 2.24. The molecule has 4 heteroatoms. The van der Waals surface area contributed by atoms with Crippen LogP contribution in [0.3, 0.4) is 0 Å². The molecule has 2 aromatic rings. The van der Waals surface area contributed by atoms with Crippen LogP contribution in [0.5, 0.6) is 11.5 Å². The lowest BCUT2D eigenvalue weighted by atomic mass is 9.74. The van der Waals surface area contributed by atoms with Crippen molar-refractivity contribution in [3.8, 4) is 11.5 Å². The van der Waals surface area contributed by atoms with Crippen molar-refractivity contribution in [1.82, 2.24) is 0 Å². The van der Waals surface area contributed by atoms with E-state index in [2.05, 4.69) is 13.8 Å². The third kappa shape index (κ3) is 10.1. The molecule has 1 fully saturated rings. The van der Waals surface area contributed by atoms with Crippen molar-refractivity contribution in [3.05, 3.63) is 59.4 Å². The van der Waals surface area contributed by atoms with Crippen molar-refractivity contribution in [2.45, 2.75) is 110 Å². The van der Waals surface area contributed by atoms with E-state index in [0.29, 0.717) is 24.2 Å². The first-order chi connectivity index (χ1) is 18.1. The van der Waals surface area contributed by atoms with Gasteiger partial charge in [0.15, 0.2) is 0 Å². The van der Waals surface area contributed by atoms with Crippen LogP contribution in [0, 0.1) is 17.7 Å². The maximum Gasteiger partial charge on any atom is 0.343 e. The van der Waals surface area contributed by atoms with Gasteiger partial charge >= 0.3 is 5.97 Å². The van der Waals surface area contributed by atoms with Crippen molar-refractivity contribution in [1.29, 1.82) is 0 Å². The van der Waals surface area contributed by atoms with Gasteiger partial charge in [0.05, 0.1) is 12.2 Å². The smallest absolute Gasteiger partial charge is 0.343 e. The van der Waals surface area contributed by atoms with Crippen LogP contribution >= 0.6 is 0 Å². The molecule has 1 aliphatic rings. The lowest BCUT2D eigenvalue weighted by Gasteiger charge is -2.31. The topological polar surface area (TPSA) is 35.5 Å². The quantitative estimate of drug-likeness (QED) is 0.128. The first-order valence-electron chi connectivity index (χ1n) is 14.8. The number of hydrogen-bond donors (Lipinski definition) is 0. The molecule has 0 radical (unpaired) electrons. The number of hydrogen-bond acceptors (Lipinski definition) is 3. The fourth-order valence-electron chi connectivity index (χ4n) is 5.63. The fourth-order valence-corrected chi connectivity index (χ4v) is 5.63. The highest BCUT2D eigenvalue weighted by molar-refractivity contribution is 5.91. The van der Waals surface area contributed by atoms with E-state index in [9.17, 15) is 9.18 Å². The van der Waals surface area contributed by atoms with Crippen LogP contribution < -0.4 is 9.47 Å². The van der Waals surface area contributed by atoms with Crippen LogP contribution in [0.15, 0.2) is 42.5 Å². The number of benzene rings is 2. The monoisotopic (exact) mass is 510 g/mol. The van der Waals surface area contributed by atoms with Crippen molar-refractivity contribution >= 4 is 5.97 Å². The van der Waals surface area contributed by atoms with E-state index in [1.807, 2.05) is 12.1 Å². The molecular weight excluding hydrogens is 463 g/mol. The molecule has 0 aromatic heterocycles. The van der Waals surface area contributed by atoms with Gasteiger partial charge in [-0.15, -0.1) is 0 Å². The Kier molecular flexibility index (Phi) is 13.0. The van der Waals surface area contributed by atoms with Gasteiger partial charge in [0.2, 0.25) is 0 Å². The van der Waals surface area contributed by atoms with E-state index >= 15 is 0 Å². The van der Waals surface area contributed by atoms with Gasteiger partial charge in [-0.1, -0.05) is 90.5 Å². The molecule has 2 atom stereocenters. The van der Waals surface area contributed by atoms with Gasteiger partial charge < -0.3 is 9.47 Å². The summed E-state index contributed by atoms with van der Waals surface area (Å²) in [7, 11) is 0. The van der Waals surface area contributed by atoms with Gasteiger partial charge in [0.1, 0.15) is 17.3 Å². The van der Waals surface area contributed by atoms with Gasteiger partial charge in [-0.25, -0.2) is 9.18 Å². The van der Waals surface area contributed by atoms with Gasteiger partial charge in [-0.2, -0.15) is 0 Å². The average Bonchev–Trinajstić information content (AvgIpc) is 2.91. The second-order valence-corrected chi connectivity index (χ2v) is 10.8. The molecule has 0 saturated heterocycles. The molecule has 0 bridgehead atoms. The first kappa shape index (κ1) is 29.2. The standard InChI is InChI=1S/C33H47FO3/c1-3-5-7-9-16-28-18-23-31(25-32(28)34)37-33(35)29-19-21-30(22-20-29)36-24-12-17-27-15-11-10-14-26(27)13-8-6-4-2/h18-23,25-27H,3-17,24H2,1-2H3. The Bertz CT molecular complexity index is 924. The Morgan fingerprint density at radius 2 is 1.46 bits per heavy atom. The highest BCUT2D eigenvalue weighted by atomic mass is 19.1. The van der Waals surface area contributed by atoms with Crippen LogP contribution in [-0.2, 0) is 6.42 Å². The summed E-state index contributed by atoms with van der Waals surface area (Å²) >= 11 is 0. The summed E-state index contributed by atoms with van der Waals surface area (Å²) in [6.45, 7) is 5.14. The molecule has 2 unspecified atom stereocenters. The minimum Gasteiger partial charge on any atom is -0.494 e. The largest absolute Gasteiger partial charge is 0.494 e. The summed E-state index contributed by atoms with van der Waals surface area (Å²) in [6, 6.07) is 11.7. The Hall–Kier alpha value is -2.36. The van der Waals surface area contributed by atoms with Crippen LogP contribution in [-0.4, -0.2) is 12.6 Å². The van der Waals surface area contributed by atoms with Crippen LogP contribution in [0.25, 0.3) is 0 Å². The Labute approximate surface area is 224 Å². The Morgan fingerprint density at radius 1 is 0.811 bits per heavy atom. The second-order valence-electron chi connectivity index (χ2n) is 10.8. The minimum absolute atomic E-state index is 0.232. The van der Waals surface area contributed by atoms with Gasteiger partial charge in [-0.3, -0.25) is 0 Å². The van der Waals surface area contributed by atoms with Crippen molar-refractivity contribution in [2.24, 2.45) is 11.8 Å². The molecule has 0 aliphatic heterocycles. The number of aryl methyl sites for hydroxylation is 1. The number of unbranched alkanes of at least 4 members (excludes halogenated alkanes) is 5. The number of carbonyl (C=O) groups excluding carboxylic acids is 1. The van der Waals surface area contributed by atoms with Gasteiger partial charge in [0, 0.05) is 6.07 Å². The highest BCUT2D eigenvalue weighted by Crippen LogP contribution is 2.36. The molecule has 2 aromatic carbocycles. The van der Waals surface area contributed by atoms with E-state index in [1.165, 1.54) is 70.3 Å². The predicted octanol–water partition coefficient (Wildman–Crippen LogP) is 9.71. The van der Waals surface area contributed by atoms with E-state index in [-0.39, 0.29) is 11.6 Å². The summed E-state index contributed by atoms with van der Waals surface area (Å²) in [6.07, 6.45) is 18.4. The number of rotatable bonds is 16. The van der Waals surface area contributed by atoms with E-state index < -0.39 is 5.97 Å². The minimum atomic E-state index is -0.493. The number of ether oxygens (including phenoxy) is 2. The molecule has 204 valence electrons. The van der Waals surface area contributed by atoms with Crippen LogP contribution in [0.1, 0.15) is 120 Å². The summed E-state index contributed by atoms with van der Waals surface area (Å²) < 4.78 is 25.8. The molecular formula is C33H47FO3. The van der Waals surface area contributed by atoms with Crippen molar-refractivity contribution < 1.29 is 18.7 Å². The zero-order valence-corrected chi connectivity index (χ0v) is 23.1. The maximum absolute atomic E-state index is 14.4. The molecule has 0 amide bonds. The third-order valence-corrected chi connectivity index (χ3v) is 7.86. The molecule has 0 spiro atoms. The average molecular weight is 511 g/mol. The molecule has 3 rings (SSSR count). The number of halogens is 1. The SMILES string of the molecule is CCCCCCc1ccc(OC(=O)c2ccc(OCCCC3CCCCC3CCCCC)cc2)cc1F. The summed E-state index contributed by atoms with van der Waals surface area (Å²) in [5, 5.41) is 0. The lowest BCUT2D eigenvalue weighted by molar-refractivity contribution is 0.0734. The van der Waals surface area contributed by atoms with Crippen LogP contribution in [0.2, 0.25) is 0 Å². The molecule has 0 heterocycles. The first-order valence-corrected chi connectivity index (χ1v) is 14.8. The molecule has 37 heavy (non-hydrogen) atoms. The number of carbonyl (C=O) groups is 1. The van der Waals surface area contributed by atoms with E-state index in [4.69, 9.17) is 9.47 Å². The molecule has 3 nitrogen and oxygen atoms in total. The predicted molar refractivity (Wildman–Crippen MR) is 150 cm³/mol. The fraction of sp³-hybridized carbons (Fsp3) is 0.606. The summed E-state index contributed by atoms with van der Waals surface area (Å²) in [4.78, 5) is 12.5.